The molecule has 0 spiro atoms. The van der Waals surface area contributed by atoms with Gasteiger partial charge in [-0.3, -0.25) is 4.79 Å². The van der Waals surface area contributed by atoms with E-state index in [1.54, 1.807) is 13.8 Å². The van der Waals surface area contributed by atoms with Crippen molar-refractivity contribution in [3.8, 4) is 0 Å². The molecule has 88 valence electrons. The Hall–Kier alpha value is -2.11. The maximum atomic E-state index is 11.1. The van der Waals surface area contributed by atoms with Crippen LogP contribution in [0.2, 0.25) is 0 Å². The largest absolute Gasteiger partial charge is 0.502 e. The quantitative estimate of drug-likeness (QED) is 0.472. The molecule has 0 unspecified atom stereocenters. The summed E-state index contributed by atoms with van der Waals surface area (Å²) in [6.45, 7) is 3.15. The van der Waals surface area contributed by atoms with E-state index in [2.05, 4.69) is 0 Å². The molecule has 0 saturated heterocycles. The van der Waals surface area contributed by atoms with E-state index in [4.69, 9.17) is 15.3 Å². The summed E-state index contributed by atoms with van der Waals surface area (Å²) in [5.41, 5.74) is -0.153. The molecule has 0 heterocycles. The molecule has 0 bridgehead atoms. The molecule has 0 aliphatic rings. The lowest BCUT2D eigenvalue weighted by Gasteiger charge is -2.04. The van der Waals surface area contributed by atoms with Crippen molar-refractivity contribution >= 4 is 17.7 Å². The third-order valence-electron chi connectivity index (χ3n) is 1.66. The van der Waals surface area contributed by atoms with Crippen LogP contribution in [0.1, 0.15) is 13.8 Å². The molecule has 3 N–H and O–H groups in total. The molecule has 0 aromatic carbocycles. The van der Waals surface area contributed by atoms with E-state index >= 15 is 0 Å². The number of aliphatic hydroxyl groups excluding tert-OH is 1. The van der Waals surface area contributed by atoms with Crippen LogP contribution in [-0.4, -0.2) is 33.0 Å². The van der Waals surface area contributed by atoms with Crippen LogP contribution < -0.4 is 0 Å². The topological polar surface area (TPSA) is 112 Å². The molecule has 0 rings (SSSR count). The third kappa shape index (κ3) is 4.41. The Balaban J connectivity index is 5.02. The molecule has 0 aromatic rings. The van der Waals surface area contributed by atoms with Crippen molar-refractivity contribution in [2.45, 2.75) is 13.8 Å². The van der Waals surface area contributed by atoms with Crippen molar-refractivity contribution in [3.63, 3.8) is 0 Å². The first kappa shape index (κ1) is 13.9. The van der Waals surface area contributed by atoms with E-state index < -0.39 is 23.5 Å². The molecule has 16 heavy (non-hydrogen) atoms. The molecule has 0 aliphatic heterocycles. The Morgan fingerprint density at radius 1 is 0.938 bits per heavy atom. The van der Waals surface area contributed by atoms with Gasteiger partial charge < -0.3 is 15.3 Å². The zero-order valence-electron chi connectivity index (χ0n) is 8.80. The number of carbonyl (C=O) groups excluding carboxylic acids is 1. The van der Waals surface area contributed by atoms with Gasteiger partial charge in [-0.2, -0.15) is 0 Å². The van der Waals surface area contributed by atoms with Gasteiger partial charge in [-0.25, -0.2) is 9.59 Å². The van der Waals surface area contributed by atoms with Gasteiger partial charge in [-0.05, 0) is 12.0 Å². The monoisotopic (exact) mass is 228 g/mol. The Kier molecular flexibility index (Phi) is 4.94. The first-order chi connectivity index (χ1) is 7.25. The van der Waals surface area contributed by atoms with Crippen LogP contribution in [0.25, 0.3) is 0 Å². The van der Waals surface area contributed by atoms with Crippen molar-refractivity contribution in [2.24, 2.45) is 5.92 Å². The van der Waals surface area contributed by atoms with Crippen LogP contribution in [0, 0.1) is 5.92 Å². The lowest BCUT2D eigenvalue weighted by atomic mass is 10.0. The predicted molar refractivity (Wildman–Crippen MR) is 53.9 cm³/mol. The van der Waals surface area contributed by atoms with Gasteiger partial charge in [0.25, 0.3) is 0 Å². The molecule has 0 atom stereocenters. The second-order valence-electron chi connectivity index (χ2n) is 3.30. The number of carbonyl (C=O) groups is 3. The second kappa shape index (κ2) is 5.69. The number of rotatable bonds is 5. The first-order valence-corrected chi connectivity index (χ1v) is 4.38. The Labute approximate surface area is 91.5 Å². The molecule has 0 radical (unpaired) electrons. The predicted octanol–water partition coefficient (Wildman–Crippen LogP) is 0.749. The number of ketones is 1. The lowest BCUT2D eigenvalue weighted by Crippen LogP contribution is -2.10. The van der Waals surface area contributed by atoms with E-state index in [1.807, 2.05) is 0 Å². The van der Waals surface area contributed by atoms with Gasteiger partial charge in [0.05, 0.1) is 0 Å². The van der Waals surface area contributed by atoms with Crippen molar-refractivity contribution in [1.82, 2.24) is 0 Å². The number of allylic oxidation sites excluding steroid dienone is 2. The van der Waals surface area contributed by atoms with Gasteiger partial charge in [0.15, 0.2) is 5.78 Å². The first-order valence-electron chi connectivity index (χ1n) is 4.38. The lowest BCUT2D eigenvalue weighted by molar-refractivity contribution is -0.136. The van der Waals surface area contributed by atoms with Gasteiger partial charge in [0.1, 0.15) is 0 Å². The van der Waals surface area contributed by atoms with Gasteiger partial charge in [-0.1, -0.05) is 13.8 Å². The van der Waals surface area contributed by atoms with E-state index in [0.29, 0.717) is 6.08 Å². The molecular formula is C10H12O6. The minimum absolute atomic E-state index is 0.153. The summed E-state index contributed by atoms with van der Waals surface area (Å²) in [7, 11) is 0. The molecule has 6 heteroatoms. The fourth-order valence-electron chi connectivity index (χ4n) is 0.867. The molecule has 0 amide bonds. The van der Waals surface area contributed by atoms with Crippen LogP contribution in [0.5, 0.6) is 0 Å². The summed E-state index contributed by atoms with van der Waals surface area (Å²) < 4.78 is 0. The molecule has 6 nitrogen and oxygen atoms in total. The number of hydrogen-bond acceptors (Lipinski definition) is 4. The van der Waals surface area contributed by atoms with Gasteiger partial charge in [0.2, 0.25) is 5.76 Å². The summed E-state index contributed by atoms with van der Waals surface area (Å²) in [4.78, 5) is 32.0. The highest BCUT2D eigenvalue weighted by Crippen LogP contribution is 2.09. The highest BCUT2D eigenvalue weighted by Gasteiger charge is 2.14. The van der Waals surface area contributed by atoms with Crippen molar-refractivity contribution in [2.75, 3.05) is 0 Å². The zero-order valence-corrected chi connectivity index (χ0v) is 8.80. The average Bonchev–Trinajstić information content (AvgIpc) is 2.12. The van der Waals surface area contributed by atoms with E-state index in [9.17, 15) is 14.4 Å². The highest BCUT2D eigenvalue weighted by atomic mass is 16.4. The molecule has 0 saturated carbocycles. The maximum Gasteiger partial charge on any atom is 0.371 e. The van der Waals surface area contributed by atoms with Crippen LogP contribution in [0.4, 0.5) is 0 Å². The minimum atomic E-state index is -1.65. The number of hydrogen-bond donors (Lipinski definition) is 3. The Morgan fingerprint density at radius 3 is 1.75 bits per heavy atom. The summed E-state index contributed by atoms with van der Waals surface area (Å²) in [6, 6.07) is 0. The summed E-state index contributed by atoms with van der Waals surface area (Å²) in [5.74, 6) is -5.31. The van der Waals surface area contributed by atoms with Crippen molar-refractivity contribution in [3.05, 3.63) is 23.5 Å². The normalized spacial score (nSPS) is 12.7. The molecule has 0 aromatic heterocycles. The Bertz CT molecular complexity index is 375. The minimum Gasteiger partial charge on any atom is -0.502 e. The van der Waals surface area contributed by atoms with Gasteiger partial charge in [0, 0.05) is 11.6 Å². The van der Waals surface area contributed by atoms with Gasteiger partial charge >= 0.3 is 11.9 Å². The van der Waals surface area contributed by atoms with Crippen LogP contribution in [0.3, 0.4) is 0 Å². The third-order valence-corrected chi connectivity index (χ3v) is 1.66. The average molecular weight is 228 g/mol. The summed E-state index contributed by atoms with van der Waals surface area (Å²) in [6.07, 6.45) is 1.24. The highest BCUT2D eigenvalue weighted by molar-refractivity contribution is 6.07. The van der Waals surface area contributed by atoms with Gasteiger partial charge in [-0.15, -0.1) is 0 Å². The zero-order chi connectivity index (χ0) is 12.9. The Morgan fingerprint density at radius 2 is 1.44 bits per heavy atom. The van der Waals surface area contributed by atoms with E-state index in [0.717, 1.165) is 6.08 Å². The second-order valence-corrected chi connectivity index (χ2v) is 3.30. The summed E-state index contributed by atoms with van der Waals surface area (Å²) in [5, 5.41) is 25.7. The molecule has 0 aliphatic carbocycles. The number of aliphatic hydroxyl groups is 1. The van der Waals surface area contributed by atoms with E-state index in [-0.39, 0.29) is 11.5 Å². The molecule has 0 fully saturated rings. The van der Waals surface area contributed by atoms with Crippen molar-refractivity contribution < 1.29 is 29.7 Å². The smallest absolute Gasteiger partial charge is 0.371 e. The van der Waals surface area contributed by atoms with Crippen LogP contribution >= 0.6 is 0 Å². The van der Waals surface area contributed by atoms with E-state index in [1.165, 1.54) is 0 Å². The number of carboxylic acids is 2. The maximum absolute atomic E-state index is 11.1. The van der Waals surface area contributed by atoms with Crippen LogP contribution in [-0.2, 0) is 14.4 Å². The summed E-state index contributed by atoms with van der Waals surface area (Å²) >= 11 is 0. The fourth-order valence-corrected chi connectivity index (χ4v) is 0.867. The van der Waals surface area contributed by atoms with Crippen LogP contribution in [0.15, 0.2) is 23.5 Å². The number of aliphatic carboxylic acids is 2. The number of carboxylic acid groups (broad SMARTS) is 2. The fraction of sp³-hybridized carbons (Fsp3) is 0.300. The van der Waals surface area contributed by atoms with Crippen molar-refractivity contribution in [1.29, 1.82) is 0 Å². The molecular weight excluding hydrogens is 216 g/mol. The SMILES string of the molecule is CC(C)C(=CC(=O)/C=C(\O)C(=O)O)C(=O)O. The standard InChI is InChI=1S/C10H12O6/c1-5(2)7(9(13)14)3-6(11)4-8(12)10(15)16/h3-5,12H,1-2H3,(H,13,14)(H,15,16)/b7-3?,8-4-.